The molecule has 0 saturated carbocycles. The number of hydrogen-bond acceptors (Lipinski definition) is 4. The maximum atomic E-state index is 4.51. The fourth-order valence-electron chi connectivity index (χ4n) is 1.96. The average Bonchev–Trinajstić information content (AvgIpc) is 2.36. The molecule has 0 aliphatic heterocycles. The second kappa shape index (κ2) is 5.49. The van der Waals surface area contributed by atoms with Crippen molar-refractivity contribution in [3.05, 3.63) is 42.2 Å². The summed E-state index contributed by atoms with van der Waals surface area (Å²) in [6.07, 6.45) is 0. The molecule has 1 aromatic heterocycles. The highest BCUT2D eigenvalue weighted by Gasteiger charge is 2.13. The molecule has 20 heavy (non-hydrogen) atoms. The molecular formula is C16H22N4. The topological polar surface area (TPSA) is 41.1 Å². The van der Waals surface area contributed by atoms with Crippen LogP contribution in [0.1, 0.15) is 26.6 Å². The van der Waals surface area contributed by atoms with E-state index in [-0.39, 0.29) is 5.54 Å². The number of para-hydroxylation sites is 1. The third-order valence-electron chi connectivity index (χ3n) is 2.81. The lowest BCUT2D eigenvalue weighted by molar-refractivity contribution is 0.629. The molecule has 4 nitrogen and oxygen atoms in total. The Balaban J connectivity index is 2.33. The van der Waals surface area contributed by atoms with Gasteiger partial charge in [0.1, 0.15) is 17.5 Å². The molecule has 1 aromatic carbocycles. The Morgan fingerprint density at radius 2 is 1.70 bits per heavy atom. The summed E-state index contributed by atoms with van der Waals surface area (Å²) in [5, 5.41) is 3.39. The molecule has 0 aliphatic carbocycles. The van der Waals surface area contributed by atoms with Gasteiger partial charge in [0.15, 0.2) is 0 Å². The highest BCUT2D eigenvalue weighted by molar-refractivity contribution is 5.61. The van der Waals surface area contributed by atoms with E-state index < -0.39 is 0 Å². The van der Waals surface area contributed by atoms with Crippen LogP contribution >= 0.6 is 0 Å². The Morgan fingerprint density at radius 3 is 2.30 bits per heavy atom. The van der Waals surface area contributed by atoms with Crippen LogP contribution in [0.25, 0.3) is 0 Å². The van der Waals surface area contributed by atoms with Crippen LogP contribution in [-0.4, -0.2) is 22.6 Å². The average molecular weight is 270 g/mol. The summed E-state index contributed by atoms with van der Waals surface area (Å²) in [6, 6.07) is 12.2. The lowest BCUT2D eigenvalue weighted by Crippen LogP contribution is -2.27. The van der Waals surface area contributed by atoms with E-state index in [0.29, 0.717) is 0 Å². The molecule has 0 bridgehead atoms. The molecule has 0 amide bonds. The van der Waals surface area contributed by atoms with Gasteiger partial charge >= 0.3 is 0 Å². The summed E-state index contributed by atoms with van der Waals surface area (Å²) in [6.45, 7) is 8.26. The van der Waals surface area contributed by atoms with Crippen LogP contribution in [0.15, 0.2) is 36.4 Å². The van der Waals surface area contributed by atoms with E-state index in [4.69, 9.17) is 0 Å². The van der Waals surface area contributed by atoms with E-state index in [9.17, 15) is 0 Å². The van der Waals surface area contributed by atoms with Crippen molar-refractivity contribution in [2.24, 2.45) is 0 Å². The predicted molar refractivity (Wildman–Crippen MR) is 84.6 cm³/mol. The number of rotatable bonds is 3. The first kappa shape index (κ1) is 14.3. The van der Waals surface area contributed by atoms with Crippen molar-refractivity contribution in [3.63, 3.8) is 0 Å². The molecule has 1 heterocycles. The Kier molecular flexibility index (Phi) is 3.93. The van der Waals surface area contributed by atoms with Crippen LogP contribution < -0.4 is 10.2 Å². The normalized spacial score (nSPS) is 11.2. The van der Waals surface area contributed by atoms with Crippen molar-refractivity contribution in [2.75, 3.05) is 17.3 Å². The van der Waals surface area contributed by atoms with Crippen molar-refractivity contribution in [2.45, 2.75) is 33.2 Å². The number of hydrogen-bond donors (Lipinski definition) is 1. The van der Waals surface area contributed by atoms with Gasteiger partial charge in [-0.15, -0.1) is 0 Å². The van der Waals surface area contributed by atoms with Crippen LogP contribution in [0.2, 0.25) is 0 Å². The third kappa shape index (κ3) is 3.70. The van der Waals surface area contributed by atoms with E-state index in [1.165, 1.54) is 0 Å². The fraction of sp³-hybridized carbons (Fsp3) is 0.375. The maximum Gasteiger partial charge on any atom is 0.138 e. The van der Waals surface area contributed by atoms with E-state index in [1.807, 2.05) is 38.2 Å². The minimum Gasteiger partial charge on any atom is -0.365 e. The largest absolute Gasteiger partial charge is 0.365 e. The molecule has 0 fully saturated rings. The van der Waals surface area contributed by atoms with Crippen LogP contribution in [0, 0.1) is 6.92 Å². The van der Waals surface area contributed by atoms with Gasteiger partial charge in [-0.1, -0.05) is 18.2 Å². The number of aryl methyl sites for hydroxylation is 1. The molecule has 106 valence electrons. The molecule has 0 aliphatic rings. The Morgan fingerprint density at radius 1 is 1.05 bits per heavy atom. The molecule has 1 N–H and O–H groups in total. The van der Waals surface area contributed by atoms with Crippen molar-refractivity contribution >= 4 is 17.3 Å². The molecule has 0 spiro atoms. The van der Waals surface area contributed by atoms with Crippen molar-refractivity contribution in [3.8, 4) is 0 Å². The summed E-state index contributed by atoms with van der Waals surface area (Å²) in [5.74, 6) is 2.50. The second-order valence-corrected chi connectivity index (χ2v) is 5.93. The fourth-order valence-corrected chi connectivity index (χ4v) is 1.96. The number of benzene rings is 1. The molecule has 4 heteroatoms. The van der Waals surface area contributed by atoms with Crippen LogP contribution in [0.4, 0.5) is 17.3 Å². The highest BCUT2D eigenvalue weighted by atomic mass is 15.2. The van der Waals surface area contributed by atoms with Crippen LogP contribution in [-0.2, 0) is 0 Å². The van der Waals surface area contributed by atoms with Crippen molar-refractivity contribution in [1.29, 1.82) is 0 Å². The molecule has 0 radical (unpaired) electrons. The minimum atomic E-state index is -0.0244. The Labute approximate surface area is 120 Å². The number of nitrogens with one attached hydrogen (secondary N) is 1. The molecule has 0 unspecified atom stereocenters. The third-order valence-corrected chi connectivity index (χ3v) is 2.81. The van der Waals surface area contributed by atoms with E-state index in [1.54, 1.807) is 0 Å². The van der Waals surface area contributed by atoms with Gasteiger partial charge in [-0.3, -0.25) is 0 Å². The highest BCUT2D eigenvalue weighted by Crippen LogP contribution is 2.24. The van der Waals surface area contributed by atoms with Gasteiger partial charge in [0.25, 0.3) is 0 Å². The predicted octanol–water partition coefficient (Wildman–Crippen LogP) is 3.76. The van der Waals surface area contributed by atoms with E-state index in [0.717, 1.165) is 23.1 Å². The maximum absolute atomic E-state index is 4.51. The number of nitrogens with zero attached hydrogens (tertiary/aromatic N) is 3. The monoisotopic (exact) mass is 270 g/mol. The summed E-state index contributed by atoms with van der Waals surface area (Å²) in [7, 11) is 2.01. The van der Waals surface area contributed by atoms with E-state index >= 15 is 0 Å². The van der Waals surface area contributed by atoms with Crippen LogP contribution in [0.5, 0.6) is 0 Å². The SMILES string of the molecule is Cc1nc(NC(C)(C)C)cc(N(C)c2ccccc2)n1. The zero-order valence-electron chi connectivity index (χ0n) is 12.8. The standard InChI is InChI=1S/C16H22N4/c1-12-17-14(19-16(2,3)4)11-15(18-12)20(5)13-9-7-6-8-10-13/h6-11H,1-5H3,(H,17,18,19). The van der Waals surface area contributed by atoms with Gasteiger partial charge in [0, 0.05) is 24.3 Å². The summed E-state index contributed by atoms with van der Waals surface area (Å²) >= 11 is 0. The molecule has 2 rings (SSSR count). The van der Waals surface area contributed by atoms with Gasteiger partial charge in [-0.2, -0.15) is 0 Å². The number of anilines is 3. The smallest absolute Gasteiger partial charge is 0.138 e. The summed E-state index contributed by atoms with van der Waals surface area (Å²) in [5.41, 5.74) is 1.08. The zero-order chi connectivity index (χ0) is 14.8. The molecule has 2 aromatic rings. The lowest BCUT2D eigenvalue weighted by atomic mass is 10.1. The summed E-state index contributed by atoms with van der Waals surface area (Å²) in [4.78, 5) is 11.0. The van der Waals surface area contributed by atoms with Crippen LogP contribution in [0.3, 0.4) is 0 Å². The van der Waals surface area contributed by atoms with Gasteiger partial charge in [-0.05, 0) is 39.8 Å². The van der Waals surface area contributed by atoms with E-state index in [2.05, 4.69) is 53.1 Å². The van der Waals surface area contributed by atoms with Crippen molar-refractivity contribution in [1.82, 2.24) is 9.97 Å². The van der Waals surface area contributed by atoms with Gasteiger partial charge in [0.05, 0.1) is 0 Å². The van der Waals surface area contributed by atoms with Crippen molar-refractivity contribution < 1.29 is 0 Å². The van der Waals surface area contributed by atoms with Gasteiger partial charge < -0.3 is 10.2 Å². The number of aromatic nitrogens is 2. The summed E-state index contributed by atoms with van der Waals surface area (Å²) < 4.78 is 0. The zero-order valence-corrected chi connectivity index (χ0v) is 12.8. The Bertz CT molecular complexity index is 573. The van der Waals surface area contributed by atoms with Gasteiger partial charge in [-0.25, -0.2) is 9.97 Å². The minimum absolute atomic E-state index is 0.0244. The molecule has 0 atom stereocenters. The lowest BCUT2D eigenvalue weighted by Gasteiger charge is -2.24. The van der Waals surface area contributed by atoms with Gasteiger partial charge in [0.2, 0.25) is 0 Å². The first-order valence-electron chi connectivity index (χ1n) is 6.78. The first-order chi connectivity index (χ1) is 9.35. The quantitative estimate of drug-likeness (QED) is 0.922. The molecule has 0 saturated heterocycles. The first-order valence-corrected chi connectivity index (χ1v) is 6.78. The second-order valence-electron chi connectivity index (χ2n) is 5.93. The molecular weight excluding hydrogens is 248 g/mol. The Hall–Kier alpha value is -2.10.